The lowest BCUT2D eigenvalue weighted by Crippen LogP contribution is -2.19. The monoisotopic (exact) mass is 285 g/mol. The number of nitrogens with zero attached hydrogens (tertiary/aromatic N) is 2. The van der Waals surface area contributed by atoms with Crippen LogP contribution in [0, 0.1) is 17.5 Å². The summed E-state index contributed by atoms with van der Waals surface area (Å²) in [6, 6.07) is 1.67. The fraction of sp³-hybridized carbons (Fsp3) is 0.385. The van der Waals surface area contributed by atoms with Crippen LogP contribution < -0.4 is 5.32 Å². The molecular weight excluding hydrogens is 271 g/mol. The summed E-state index contributed by atoms with van der Waals surface area (Å²) < 4.78 is 44.2. The van der Waals surface area contributed by atoms with E-state index in [1.807, 2.05) is 13.8 Å². The first-order chi connectivity index (χ1) is 9.52. The molecule has 4 nitrogen and oxygen atoms in total. The van der Waals surface area contributed by atoms with Gasteiger partial charge in [0.05, 0.1) is 0 Å². The highest BCUT2D eigenvalue weighted by atomic mass is 19.2. The normalized spacial score (nSPS) is 12.7. The molecule has 1 atom stereocenters. The highest BCUT2D eigenvalue weighted by Gasteiger charge is 2.18. The van der Waals surface area contributed by atoms with Gasteiger partial charge in [0.2, 0.25) is 11.7 Å². The van der Waals surface area contributed by atoms with E-state index in [2.05, 4.69) is 15.5 Å². The molecule has 0 bridgehead atoms. The molecule has 1 heterocycles. The number of aromatic nitrogens is 2. The zero-order valence-electron chi connectivity index (χ0n) is 11.1. The van der Waals surface area contributed by atoms with Crippen molar-refractivity contribution >= 4 is 0 Å². The van der Waals surface area contributed by atoms with Crippen LogP contribution in [-0.2, 0) is 0 Å². The molecule has 0 fully saturated rings. The summed E-state index contributed by atoms with van der Waals surface area (Å²) in [5.41, 5.74) is 0.0343. The van der Waals surface area contributed by atoms with Crippen LogP contribution in [-0.4, -0.2) is 23.2 Å². The zero-order chi connectivity index (χ0) is 14.7. The Balaban J connectivity index is 2.24. The van der Waals surface area contributed by atoms with Gasteiger partial charge in [0.25, 0.3) is 0 Å². The average molecular weight is 285 g/mol. The third-order valence-electron chi connectivity index (χ3n) is 2.81. The van der Waals surface area contributed by atoms with E-state index in [0.717, 1.165) is 18.7 Å². The Bertz CT molecular complexity index is 577. The summed E-state index contributed by atoms with van der Waals surface area (Å²) >= 11 is 0. The number of hydrogen-bond acceptors (Lipinski definition) is 4. The minimum Gasteiger partial charge on any atom is -0.339 e. The van der Waals surface area contributed by atoms with Gasteiger partial charge >= 0.3 is 0 Å². The molecule has 20 heavy (non-hydrogen) atoms. The molecule has 7 heteroatoms. The summed E-state index contributed by atoms with van der Waals surface area (Å²) in [6.07, 6.45) is 0. The van der Waals surface area contributed by atoms with Crippen molar-refractivity contribution in [2.75, 3.05) is 13.1 Å². The summed E-state index contributed by atoms with van der Waals surface area (Å²) in [7, 11) is 0. The fourth-order valence-corrected chi connectivity index (χ4v) is 1.69. The van der Waals surface area contributed by atoms with Crippen molar-refractivity contribution in [3.8, 4) is 11.4 Å². The fourth-order valence-electron chi connectivity index (χ4n) is 1.69. The van der Waals surface area contributed by atoms with Crippen molar-refractivity contribution in [3.05, 3.63) is 35.5 Å². The second-order valence-electron chi connectivity index (χ2n) is 4.42. The van der Waals surface area contributed by atoms with Crippen molar-refractivity contribution in [2.24, 2.45) is 0 Å². The van der Waals surface area contributed by atoms with E-state index in [1.54, 1.807) is 0 Å². The van der Waals surface area contributed by atoms with Gasteiger partial charge in [-0.25, -0.2) is 13.2 Å². The molecule has 1 unspecified atom stereocenters. The molecule has 0 aliphatic heterocycles. The van der Waals surface area contributed by atoms with E-state index in [0.29, 0.717) is 12.4 Å². The maximum Gasteiger partial charge on any atom is 0.231 e. The highest BCUT2D eigenvalue weighted by Crippen LogP contribution is 2.23. The van der Waals surface area contributed by atoms with E-state index >= 15 is 0 Å². The highest BCUT2D eigenvalue weighted by molar-refractivity contribution is 5.54. The predicted octanol–water partition coefficient (Wildman–Crippen LogP) is 2.87. The molecule has 108 valence electrons. The Morgan fingerprint density at radius 3 is 2.50 bits per heavy atom. The summed E-state index contributed by atoms with van der Waals surface area (Å²) in [5, 5.41) is 6.78. The number of hydrogen-bond donors (Lipinski definition) is 1. The molecule has 2 aromatic rings. The van der Waals surface area contributed by atoms with Gasteiger partial charge in [-0.1, -0.05) is 19.0 Å². The molecule has 1 aromatic carbocycles. The molecule has 0 amide bonds. The number of nitrogens with one attached hydrogen (secondary N) is 1. The quantitative estimate of drug-likeness (QED) is 0.858. The van der Waals surface area contributed by atoms with Crippen LogP contribution >= 0.6 is 0 Å². The first-order valence-electron chi connectivity index (χ1n) is 6.22. The van der Waals surface area contributed by atoms with E-state index < -0.39 is 17.5 Å². The molecule has 0 saturated heterocycles. The van der Waals surface area contributed by atoms with Crippen LogP contribution in [0.5, 0.6) is 0 Å². The van der Waals surface area contributed by atoms with Crippen LogP contribution in [0.1, 0.15) is 25.7 Å². The van der Waals surface area contributed by atoms with Gasteiger partial charge in [-0.2, -0.15) is 4.98 Å². The van der Waals surface area contributed by atoms with Crippen molar-refractivity contribution in [1.29, 1.82) is 0 Å². The van der Waals surface area contributed by atoms with Gasteiger partial charge in [0.1, 0.15) is 0 Å². The Labute approximate surface area is 114 Å². The minimum absolute atomic E-state index is 0.0288. The lowest BCUT2D eigenvalue weighted by molar-refractivity contribution is 0.355. The largest absolute Gasteiger partial charge is 0.339 e. The average Bonchev–Trinajstić information content (AvgIpc) is 2.91. The van der Waals surface area contributed by atoms with E-state index in [1.165, 1.54) is 0 Å². The molecule has 0 saturated carbocycles. The van der Waals surface area contributed by atoms with Gasteiger partial charge in [-0.3, -0.25) is 0 Å². The summed E-state index contributed by atoms with van der Waals surface area (Å²) in [6.45, 7) is 5.30. The topological polar surface area (TPSA) is 51.0 Å². The number of rotatable bonds is 5. The van der Waals surface area contributed by atoms with Gasteiger partial charge in [-0.05, 0) is 18.7 Å². The minimum atomic E-state index is -1.52. The maximum atomic E-state index is 13.1. The molecule has 0 aliphatic rings. The van der Waals surface area contributed by atoms with Crippen molar-refractivity contribution in [1.82, 2.24) is 15.5 Å². The molecule has 0 aliphatic carbocycles. The van der Waals surface area contributed by atoms with Crippen LogP contribution in [0.4, 0.5) is 13.2 Å². The summed E-state index contributed by atoms with van der Waals surface area (Å²) in [5.74, 6) is -3.74. The molecule has 0 spiro atoms. The molecular formula is C13H14F3N3O. The smallest absolute Gasteiger partial charge is 0.231 e. The SMILES string of the molecule is CCNCC(C)c1nc(-c2cc(F)c(F)c(F)c2)no1. The zero-order valence-corrected chi connectivity index (χ0v) is 11.1. The van der Waals surface area contributed by atoms with Crippen molar-refractivity contribution < 1.29 is 17.7 Å². The standard InChI is InChI=1S/C13H14F3N3O/c1-3-17-6-7(2)13-18-12(19-20-13)8-4-9(14)11(16)10(15)5-8/h4-5,7,17H,3,6H2,1-2H3. The third kappa shape index (κ3) is 2.98. The van der Waals surface area contributed by atoms with Crippen LogP contribution in [0.2, 0.25) is 0 Å². The van der Waals surface area contributed by atoms with Gasteiger partial charge in [-0.15, -0.1) is 0 Å². The lowest BCUT2D eigenvalue weighted by Gasteiger charge is -2.05. The first-order valence-corrected chi connectivity index (χ1v) is 6.22. The van der Waals surface area contributed by atoms with Crippen LogP contribution in [0.15, 0.2) is 16.7 Å². The van der Waals surface area contributed by atoms with Gasteiger partial charge < -0.3 is 9.84 Å². The third-order valence-corrected chi connectivity index (χ3v) is 2.81. The summed E-state index contributed by atoms with van der Waals surface area (Å²) in [4.78, 5) is 4.07. The Morgan fingerprint density at radius 2 is 1.90 bits per heavy atom. The molecule has 1 aromatic heterocycles. The van der Waals surface area contributed by atoms with Gasteiger partial charge in [0.15, 0.2) is 17.5 Å². The number of benzene rings is 1. The Kier molecular flexibility index (Phi) is 4.39. The van der Waals surface area contributed by atoms with Crippen LogP contribution in [0.25, 0.3) is 11.4 Å². The second-order valence-corrected chi connectivity index (χ2v) is 4.42. The van der Waals surface area contributed by atoms with Gasteiger partial charge in [0, 0.05) is 18.0 Å². The Morgan fingerprint density at radius 1 is 1.25 bits per heavy atom. The van der Waals surface area contributed by atoms with E-state index in [-0.39, 0.29) is 17.3 Å². The predicted molar refractivity (Wildman–Crippen MR) is 66.6 cm³/mol. The Hall–Kier alpha value is -1.89. The number of halogens is 3. The second kappa shape index (κ2) is 6.04. The van der Waals surface area contributed by atoms with E-state index in [9.17, 15) is 13.2 Å². The first kappa shape index (κ1) is 14.5. The van der Waals surface area contributed by atoms with Crippen LogP contribution in [0.3, 0.4) is 0 Å². The molecule has 0 radical (unpaired) electrons. The van der Waals surface area contributed by atoms with E-state index in [4.69, 9.17) is 4.52 Å². The van der Waals surface area contributed by atoms with Crippen molar-refractivity contribution in [3.63, 3.8) is 0 Å². The molecule has 2 rings (SSSR count). The van der Waals surface area contributed by atoms with Crippen molar-refractivity contribution in [2.45, 2.75) is 19.8 Å². The maximum absolute atomic E-state index is 13.1. The number of likely N-dealkylation sites (N-methyl/N-ethyl adjacent to an activating group) is 1. The lowest BCUT2D eigenvalue weighted by atomic mass is 10.1. The molecule has 1 N–H and O–H groups in total.